The maximum absolute atomic E-state index is 13.1. The lowest BCUT2D eigenvalue weighted by Gasteiger charge is -2.38. The Balaban J connectivity index is 1.54. The number of fused-ring (bicyclic) bond motifs is 1. The first-order valence-electron chi connectivity index (χ1n) is 9.36. The average molecular weight is 399 g/mol. The fourth-order valence-electron chi connectivity index (χ4n) is 3.72. The number of amides is 1. The number of carbonyl (C=O) groups excluding carboxylic acids is 1. The number of methoxy groups -OCH3 is 1. The average Bonchev–Trinajstić information content (AvgIpc) is 3.10. The summed E-state index contributed by atoms with van der Waals surface area (Å²) in [6, 6.07) is 13.5. The molecule has 1 N–H and O–H groups in total. The molecule has 6 heteroatoms. The largest absolute Gasteiger partial charge is 0.497 e. The highest BCUT2D eigenvalue weighted by molar-refractivity contribution is 6.31. The van der Waals surface area contributed by atoms with Gasteiger partial charge in [0.1, 0.15) is 11.9 Å². The van der Waals surface area contributed by atoms with Crippen molar-refractivity contribution in [3.05, 3.63) is 64.8 Å². The fraction of sp³-hybridized carbons (Fsp3) is 0.318. The number of H-pyrrole nitrogens is 1. The van der Waals surface area contributed by atoms with Crippen LogP contribution in [-0.2, 0) is 16.0 Å². The zero-order valence-electron chi connectivity index (χ0n) is 15.9. The molecule has 0 aliphatic carbocycles. The van der Waals surface area contributed by atoms with E-state index < -0.39 is 0 Å². The second kappa shape index (κ2) is 7.86. The van der Waals surface area contributed by atoms with Gasteiger partial charge >= 0.3 is 0 Å². The van der Waals surface area contributed by atoms with Crippen molar-refractivity contribution in [2.75, 3.05) is 20.3 Å². The number of aromatic amines is 1. The molecular weight excluding hydrogens is 376 g/mol. The number of rotatable bonds is 4. The molecule has 2 heterocycles. The smallest absolute Gasteiger partial charge is 0.227 e. The van der Waals surface area contributed by atoms with Crippen molar-refractivity contribution in [3.63, 3.8) is 0 Å². The third kappa shape index (κ3) is 3.60. The summed E-state index contributed by atoms with van der Waals surface area (Å²) in [5.41, 5.74) is 2.88. The van der Waals surface area contributed by atoms with Crippen LogP contribution in [0.4, 0.5) is 0 Å². The molecule has 1 aliphatic heterocycles. The predicted molar refractivity (Wildman–Crippen MR) is 110 cm³/mol. The Hall–Kier alpha value is -2.50. The molecule has 2 aromatic carbocycles. The van der Waals surface area contributed by atoms with E-state index in [1.54, 1.807) is 7.11 Å². The van der Waals surface area contributed by atoms with Gasteiger partial charge in [0, 0.05) is 27.7 Å². The number of carbonyl (C=O) groups is 1. The van der Waals surface area contributed by atoms with Gasteiger partial charge in [-0.3, -0.25) is 4.79 Å². The van der Waals surface area contributed by atoms with Gasteiger partial charge in [-0.05, 0) is 36.8 Å². The highest BCUT2D eigenvalue weighted by Crippen LogP contribution is 2.31. The summed E-state index contributed by atoms with van der Waals surface area (Å²) in [5.74, 6) is 0.857. The van der Waals surface area contributed by atoms with E-state index in [4.69, 9.17) is 21.1 Å². The number of nitrogens with zero attached hydrogens (tertiary/aromatic N) is 1. The summed E-state index contributed by atoms with van der Waals surface area (Å²) in [4.78, 5) is 18.3. The Morgan fingerprint density at radius 2 is 2.14 bits per heavy atom. The minimum Gasteiger partial charge on any atom is -0.497 e. The summed E-state index contributed by atoms with van der Waals surface area (Å²) in [7, 11) is 1.64. The van der Waals surface area contributed by atoms with Gasteiger partial charge in [-0.25, -0.2) is 0 Å². The molecule has 5 nitrogen and oxygen atoms in total. The van der Waals surface area contributed by atoms with E-state index in [0.717, 1.165) is 27.8 Å². The molecule has 1 fully saturated rings. The Morgan fingerprint density at radius 3 is 2.93 bits per heavy atom. The van der Waals surface area contributed by atoms with Gasteiger partial charge in [0.25, 0.3) is 0 Å². The number of hydrogen-bond donors (Lipinski definition) is 1. The van der Waals surface area contributed by atoms with E-state index in [-0.39, 0.29) is 18.1 Å². The summed E-state index contributed by atoms with van der Waals surface area (Å²) in [6.07, 6.45) is 2.02. The zero-order valence-corrected chi connectivity index (χ0v) is 16.7. The van der Waals surface area contributed by atoms with Crippen molar-refractivity contribution in [1.82, 2.24) is 9.88 Å². The van der Waals surface area contributed by atoms with Crippen LogP contribution in [-0.4, -0.2) is 42.1 Å². The van der Waals surface area contributed by atoms with Gasteiger partial charge in [-0.15, -0.1) is 0 Å². The highest BCUT2D eigenvalue weighted by atomic mass is 35.5. The molecule has 0 bridgehead atoms. The van der Waals surface area contributed by atoms with Crippen LogP contribution in [0, 0.1) is 0 Å². The van der Waals surface area contributed by atoms with Crippen molar-refractivity contribution in [3.8, 4) is 5.75 Å². The standard InChI is InChI=1S/C22H23ClN2O3/c1-14-13-28-21(17-5-3-4-6-19(17)23)12-25(14)22(26)9-15-11-24-20-8-7-16(27-2)10-18(15)20/h3-8,10-11,14,21,24H,9,12-13H2,1-2H3/t14-,21-/m0/s1. The van der Waals surface area contributed by atoms with E-state index in [1.807, 2.05) is 60.5 Å². The van der Waals surface area contributed by atoms with Crippen LogP contribution in [0.25, 0.3) is 10.9 Å². The lowest BCUT2D eigenvalue weighted by Crippen LogP contribution is -2.48. The maximum Gasteiger partial charge on any atom is 0.227 e. The van der Waals surface area contributed by atoms with Gasteiger partial charge in [0.15, 0.2) is 0 Å². The number of ether oxygens (including phenoxy) is 2. The van der Waals surface area contributed by atoms with Crippen LogP contribution < -0.4 is 4.74 Å². The Bertz CT molecular complexity index is 1000. The van der Waals surface area contributed by atoms with E-state index in [9.17, 15) is 4.79 Å². The molecular formula is C22H23ClN2O3. The molecule has 28 heavy (non-hydrogen) atoms. The van der Waals surface area contributed by atoms with Gasteiger partial charge in [-0.2, -0.15) is 0 Å². The molecule has 1 amide bonds. The molecule has 0 saturated carbocycles. The van der Waals surface area contributed by atoms with Gasteiger partial charge in [0.05, 0.1) is 32.7 Å². The molecule has 0 unspecified atom stereocenters. The van der Waals surface area contributed by atoms with Crippen molar-refractivity contribution in [1.29, 1.82) is 0 Å². The number of morpholine rings is 1. The minimum absolute atomic E-state index is 0.0194. The fourth-order valence-corrected chi connectivity index (χ4v) is 3.98. The maximum atomic E-state index is 13.1. The first-order chi connectivity index (χ1) is 13.6. The third-order valence-corrected chi connectivity index (χ3v) is 5.67. The van der Waals surface area contributed by atoms with Crippen LogP contribution >= 0.6 is 11.6 Å². The quantitative estimate of drug-likeness (QED) is 0.710. The molecule has 3 aromatic rings. The number of nitrogens with one attached hydrogen (secondary N) is 1. The molecule has 2 atom stereocenters. The molecule has 0 radical (unpaired) electrons. The van der Waals surface area contributed by atoms with Crippen LogP contribution in [0.1, 0.15) is 24.2 Å². The Morgan fingerprint density at radius 1 is 1.32 bits per heavy atom. The highest BCUT2D eigenvalue weighted by Gasteiger charge is 2.31. The lowest BCUT2D eigenvalue weighted by atomic mass is 10.0. The van der Waals surface area contributed by atoms with Gasteiger partial charge < -0.3 is 19.4 Å². The van der Waals surface area contributed by atoms with Crippen molar-refractivity contribution in [2.24, 2.45) is 0 Å². The monoisotopic (exact) mass is 398 g/mol. The molecule has 146 valence electrons. The normalized spacial score (nSPS) is 19.8. The second-order valence-electron chi connectivity index (χ2n) is 7.14. The SMILES string of the molecule is COc1ccc2[nH]cc(CC(=O)N3C[C@@H](c4ccccc4Cl)OC[C@@H]3C)c2c1. The minimum atomic E-state index is -0.211. The molecule has 1 saturated heterocycles. The topological polar surface area (TPSA) is 54.6 Å². The number of aromatic nitrogens is 1. The van der Waals surface area contributed by atoms with E-state index in [0.29, 0.717) is 24.6 Å². The van der Waals surface area contributed by atoms with Crippen LogP contribution in [0.15, 0.2) is 48.7 Å². The molecule has 0 spiro atoms. The van der Waals surface area contributed by atoms with E-state index in [1.165, 1.54) is 0 Å². The van der Waals surface area contributed by atoms with Crippen LogP contribution in [0.2, 0.25) is 5.02 Å². The predicted octanol–water partition coefficient (Wildman–Crippen LogP) is 4.36. The van der Waals surface area contributed by atoms with Gasteiger partial charge in [-0.1, -0.05) is 29.8 Å². The van der Waals surface area contributed by atoms with Gasteiger partial charge in [0.2, 0.25) is 5.91 Å². The summed E-state index contributed by atoms with van der Waals surface area (Å²) >= 11 is 6.33. The number of hydrogen-bond acceptors (Lipinski definition) is 3. The van der Waals surface area contributed by atoms with Crippen molar-refractivity contribution < 1.29 is 14.3 Å². The van der Waals surface area contributed by atoms with E-state index >= 15 is 0 Å². The van der Waals surface area contributed by atoms with Crippen LogP contribution in [0.3, 0.4) is 0 Å². The first kappa shape index (κ1) is 18.8. The third-order valence-electron chi connectivity index (χ3n) is 5.32. The molecule has 1 aromatic heterocycles. The second-order valence-corrected chi connectivity index (χ2v) is 7.55. The molecule has 4 rings (SSSR count). The summed E-state index contributed by atoms with van der Waals surface area (Å²) < 4.78 is 11.3. The number of halogens is 1. The zero-order chi connectivity index (χ0) is 19.7. The van der Waals surface area contributed by atoms with Crippen molar-refractivity contribution >= 4 is 28.4 Å². The Kier molecular flexibility index (Phi) is 5.29. The first-order valence-corrected chi connectivity index (χ1v) is 9.74. The Labute approximate surface area is 169 Å². The van der Waals surface area contributed by atoms with Crippen molar-refractivity contribution in [2.45, 2.75) is 25.5 Å². The number of benzene rings is 2. The molecule has 1 aliphatic rings. The lowest BCUT2D eigenvalue weighted by molar-refractivity contribution is -0.143. The summed E-state index contributed by atoms with van der Waals surface area (Å²) in [5, 5.41) is 1.68. The van der Waals surface area contributed by atoms with E-state index in [2.05, 4.69) is 4.98 Å². The van der Waals surface area contributed by atoms with Crippen LogP contribution in [0.5, 0.6) is 5.75 Å². The summed E-state index contributed by atoms with van der Waals surface area (Å²) in [6.45, 7) is 3.00.